The molecule has 1 heterocycles. The maximum Gasteiger partial charge on any atom is 0.226 e. The number of anilines is 1. The molecule has 1 saturated carbocycles. The molecule has 4 nitrogen and oxygen atoms in total. The van der Waals surface area contributed by atoms with E-state index in [2.05, 4.69) is 10.6 Å². The van der Waals surface area contributed by atoms with E-state index in [1.165, 1.54) is 6.07 Å². The van der Waals surface area contributed by atoms with Crippen molar-refractivity contribution in [2.24, 2.45) is 5.92 Å². The minimum atomic E-state index is -0.929. The van der Waals surface area contributed by atoms with Crippen LogP contribution in [0.5, 0.6) is 0 Å². The highest BCUT2D eigenvalue weighted by Gasteiger charge is 2.56. The van der Waals surface area contributed by atoms with E-state index in [0.717, 1.165) is 31.7 Å². The van der Waals surface area contributed by atoms with Crippen molar-refractivity contribution in [3.63, 3.8) is 0 Å². The molecular formula is C15H18Cl2FN3O. The molecule has 0 aromatic heterocycles. The third kappa shape index (κ3) is 3.47. The van der Waals surface area contributed by atoms with Gasteiger partial charge < -0.3 is 15.5 Å². The van der Waals surface area contributed by atoms with Gasteiger partial charge in [-0.3, -0.25) is 4.79 Å². The predicted molar refractivity (Wildman–Crippen MR) is 85.9 cm³/mol. The fourth-order valence-electron chi connectivity index (χ4n) is 2.63. The number of hydrogen-bond donors (Lipinski definition) is 2. The number of rotatable bonds is 4. The topological polar surface area (TPSA) is 44.4 Å². The van der Waals surface area contributed by atoms with Gasteiger partial charge in [0.25, 0.3) is 0 Å². The summed E-state index contributed by atoms with van der Waals surface area (Å²) >= 11 is 11.7. The molecule has 1 amide bonds. The van der Waals surface area contributed by atoms with Gasteiger partial charge in [0.1, 0.15) is 10.2 Å². The van der Waals surface area contributed by atoms with E-state index in [4.69, 9.17) is 23.2 Å². The first kappa shape index (κ1) is 15.8. The summed E-state index contributed by atoms with van der Waals surface area (Å²) in [6, 6.07) is 5.08. The highest BCUT2D eigenvalue weighted by atomic mass is 35.5. The molecule has 2 N–H and O–H groups in total. The maximum absolute atomic E-state index is 14.2. The summed E-state index contributed by atoms with van der Waals surface area (Å²) in [5, 5.41) is 5.98. The Bertz CT molecular complexity index is 576. The molecule has 0 spiro atoms. The molecule has 1 aromatic rings. The Morgan fingerprint density at radius 1 is 1.41 bits per heavy atom. The third-order valence-corrected chi connectivity index (χ3v) is 4.91. The molecule has 2 aliphatic rings. The monoisotopic (exact) mass is 345 g/mol. The second-order valence-corrected chi connectivity index (χ2v) is 7.30. The van der Waals surface area contributed by atoms with Gasteiger partial charge in [0.2, 0.25) is 5.91 Å². The minimum Gasteiger partial charge on any atom is -0.367 e. The minimum absolute atomic E-state index is 0.184. The SMILES string of the molecule is O=C(NCc1ccc(N2CCNCC2)c(F)c1)[C@H]1CC1(Cl)Cl. The first-order valence-electron chi connectivity index (χ1n) is 7.37. The number of alkyl halides is 2. The van der Waals surface area contributed by atoms with Crippen LogP contribution in [0.1, 0.15) is 12.0 Å². The molecule has 1 atom stereocenters. The van der Waals surface area contributed by atoms with Crippen molar-refractivity contribution in [1.29, 1.82) is 0 Å². The fourth-order valence-corrected chi connectivity index (χ4v) is 3.14. The molecule has 2 fully saturated rings. The van der Waals surface area contributed by atoms with Crippen molar-refractivity contribution >= 4 is 34.8 Å². The van der Waals surface area contributed by atoms with Crippen molar-refractivity contribution in [1.82, 2.24) is 10.6 Å². The highest BCUT2D eigenvalue weighted by Crippen LogP contribution is 2.53. The molecule has 7 heteroatoms. The number of amides is 1. The van der Waals surface area contributed by atoms with E-state index in [9.17, 15) is 9.18 Å². The lowest BCUT2D eigenvalue weighted by Gasteiger charge is -2.29. The van der Waals surface area contributed by atoms with Crippen molar-refractivity contribution < 1.29 is 9.18 Å². The molecule has 0 radical (unpaired) electrons. The van der Waals surface area contributed by atoms with E-state index >= 15 is 0 Å². The zero-order valence-electron chi connectivity index (χ0n) is 12.0. The number of nitrogens with one attached hydrogen (secondary N) is 2. The van der Waals surface area contributed by atoms with Gasteiger partial charge in [-0.2, -0.15) is 0 Å². The third-order valence-electron chi connectivity index (χ3n) is 4.08. The van der Waals surface area contributed by atoms with Crippen LogP contribution in [0.15, 0.2) is 18.2 Å². The smallest absolute Gasteiger partial charge is 0.226 e. The number of nitrogens with zero attached hydrogens (tertiary/aromatic N) is 1. The van der Waals surface area contributed by atoms with E-state index in [1.807, 2.05) is 11.0 Å². The van der Waals surface area contributed by atoms with Crippen molar-refractivity contribution in [2.75, 3.05) is 31.1 Å². The van der Waals surface area contributed by atoms with Crippen molar-refractivity contribution in [3.05, 3.63) is 29.6 Å². The molecule has 1 aliphatic carbocycles. The standard InChI is InChI=1S/C15H18Cl2FN3O/c16-15(17)8-11(15)14(22)20-9-10-1-2-13(12(18)7-10)21-5-3-19-4-6-21/h1-2,7,11,19H,3-6,8-9H2,(H,20,22)/t11-/m1/s1. The molecule has 0 bridgehead atoms. The Labute approximate surface area is 138 Å². The number of piperazine rings is 1. The van der Waals surface area contributed by atoms with Gasteiger partial charge in [0.05, 0.1) is 11.6 Å². The number of halogens is 3. The highest BCUT2D eigenvalue weighted by molar-refractivity contribution is 6.52. The zero-order valence-corrected chi connectivity index (χ0v) is 13.6. The Hall–Kier alpha value is -1.04. The number of hydrogen-bond acceptors (Lipinski definition) is 3. The molecule has 1 aromatic carbocycles. The molecule has 120 valence electrons. The van der Waals surface area contributed by atoms with Crippen LogP contribution in [-0.4, -0.2) is 36.4 Å². The number of carbonyl (C=O) groups excluding carboxylic acids is 1. The van der Waals surface area contributed by atoms with Gasteiger partial charge in [-0.25, -0.2) is 4.39 Å². The number of benzene rings is 1. The predicted octanol–water partition coefficient (Wildman–Crippen LogP) is 2.05. The summed E-state index contributed by atoms with van der Waals surface area (Å²) in [6.45, 7) is 3.58. The van der Waals surface area contributed by atoms with Crippen LogP contribution >= 0.6 is 23.2 Å². The van der Waals surface area contributed by atoms with Crippen LogP contribution in [-0.2, 0) is 11.3 Å². The lowest BCUT2D eigenvalue weighted by molar-refractivity contribution is -0.122. The van der Waals surface area contributed by atoms with Crippen LogP contribution in [0, 0.1) is 11.7 Å². The van der Waals surface area contributed by atoms with Gasteiger partial charge in [-0.15, -0.1) is 23.2 Å². The average Bonchev–Trinajstić information content (AvgIpc) is 3.15. The van der Waals surface area contributed by atoms with E-state index in [-0.39, 0.29) is 24.2 Å². The first-order chi connectivity index (χ1) is 10.5. The Morgan fingerprint density at radius 2 is 2.09 bits per heavy atom. The lowest BCUT2D eigenvalue weighted by Crippen LogP contribution is -2.43. The van der Waals surface area contributed by atoms with Gasteiger partial charge in [0.15, 0.2) is 0 Å². The Balaban J connectivity index is 1.58. The average molecular weight is 346 g/mol. The second kappa shape index (κ2) is 6.22. The van der Waals surface area contributed by atoms with Crippen LogP contribution in [0.3, 0.4) is 0 Å². The van der Waals surface area contributed by atoms with Gasteiger partial charge >= 0.3 is 0 Å². The normalized spacial score (nSPS) is 23.2. The largest absolute Gasteiger partial charge is 0.367 e. The quantitative estimate of drug-likeness (QED) is 0.821. The molecule has 1 aliphatic heterocycles. The molecule has 3 rings (SSSR count). The van der Waals surface area contributed by atoms with Gasteiger partial charge in [-0.1, -0.05) is 6.07 Å². The van der Waals surface area contributed by atoms with Crippen LogP contribution < -0.4 is 15.5 Å². The van der Waals surface area contributed by atoms with Crippen LogP contribution in [0.2, 0.25) is 0 Å². The number of carbonyl (C=O) groups is 1. The first-order valence-corrected chi connectivity index (χ1v) is 8.12. The zero-order chi connectivity index (χ0) is 15.7. The Morgan fingerprint density at radius 3 is 2.68 bits per heavy atom. The second-order valence-electron chi connectivity index (χ2n) is 5.76. The maximum atomic E-state index is 14.2. The van der Waals surface area contributed by atoms with Gasteiger partial charge in [-0.05, 0) is 24.1 Å². The van der Waals surface area contributed by atoms with E-state index in [1.54, 1.807) is 6.07 Å². The van der Waals surface area contributed by atoms with Crippen molar-refractivity contribution in [3.8, 4) is 0 Å². The van der Waals surface area contributed by atoms with E-state index in [0.29, 0.717) is 12.1 Å². The summed E-state index contributed by atoms with van der Waals surface area (Å²) in [7, 11) is 0. The Kier molecular flexibility index (Phi) is 4.48. The molecule has 0 unspecified atom stereocenters. The summed E-state index contributed by atoms with van der Waals surface area (Å²) in [5.41, 5.74) is 1.33. The lowest BCUT2D eigenvalue weighted by atomic mass is 10.1. The summed E-state index contributed by atoms with van der Waals surface area (Å²) in [6.07, 6.45) is 0.470. The van der Waals surface area contributed by atoms with E-state index < -0.39 is 4.33 Å². The molecular weight excluding hydrogens is 328 g/mol. The summed E-state index contributed by atoms with van der Waals surface area (Å²) < 4.78 is 13.3. The van der Waals surface area contributed by atoms with Crippen LogP contribution in [0.4, 0.5) is 10.1 Å². The van der Waals surface area contributed by atoms with Crippen LogP contribution in [0.25, 0.3) is 0 Å². The fraction of sp³-hybridized carbons (Fsp3) is 0.533. The summed E-state index contributed by atoms with van der Waals surface area (Å²) in [4.78, 5) is 13.8. The summed E-state index contributed by atoms with van der Waals surface area (Å²) in [5.74, 6) is -0.804. The van der Waals surface area contributed by atoms with Gasteiger partial charge in [0, 0.05) is 32.7 Å². The van der Waals surface area contributed by atoms with Crippen molar-refractivity contribution in [2.45, 2.75) is 17.3 Å². The molecule has 1 saturated heterocycles. The molecule has 22 heavy (non-hydrogen) atoms.